The summed E-state index contributed by atoms with van der Waals surface area (Å²) >= 11 is 0. The molecule has 0 radical (unpaired) electrons. The third-order valence-electron chi connectivity index (χ3n) is 4.61. The maximum Gasteiger partial charge on any atom is 0.275 e. The van der Waals surface area contributed by atoms with Crippen molar-refractivity contribution in [2.24, 2.45) is 0 Å². The van der Waals surface area contributed by atoms with Gasteiger partial charge in [0.1, 0.15) is 5.76 Å². The first-order valence-electron chi connectivity index (χ1n) is 7.83. The molecule has 0 spiro atoms. The number of carbonyl (C=O) groups is 1. The minimum absolute atomic E-state index is 0.0178. The molecule has 4 rings (SSSR count). The summed E-state index contributed by atoms with van der Waals surface area (Å²) in [6.45, 7) is 4.56. The van der Waals surface area contributed by atoms with E-state index in [1.54, 1.807) is 0 Å². The van der Waals surface area contributed by atoms with Crippen molar-refractivity contribution in [3.63, 3.8) is 0 Å². The van der Waals surface area contributed by atoms with Crippen LogP contribution in [0.15, 0.2) is 28.8 Å². The van der Waals surface area contributed by atoms with Crippen LogP contribution in [0.25, 0.3) is 10.9 Å². The molecule has 1 saturated heterocycles. The minimum atomic E-state index is -0.0371. The molecule has 1 unspecified atom stereocenters. The molecule has 1 aliphatic rings. The zero-order chi connectivity index (χ0) is 16.0. The second-order valence-electron chi connectivity index (χ2n) is 6.01. The molecular formula is C17H18N4O2. The Hall–Kier alpha value is -2.63. The fourth-order valence-electron chi connectivity index (χ4n) is 3.54. The fraction of sp³-hybridized carbons (Fsp3) is 0.353. The molecule has 1 aliphatic heterocycles. The van der Waals surface area contributed by atoms with E-state index < -0.39 is 0 Å². The number of benzene rings is 1. The summed E-state index contributed by atoms with van der Waals surface area (Å²) in [6, 6.07) is 7.72. The maximum absolute atomic E-state index is 13.0. The molecule has 2 aromatic heterocycles. The molecule has 3 heterocycles. The van der Waals surface area contributed by atoms with Crippen LogP contribution < -0.4 is 0 Å². The molecule has 0 saturated carbocycles. The number of carbonyl (C=O) groups excluding carboxylic acids is 1. The van der Waals surface area contributed by atoms with Crippen molar-refractivity contribution in [3.8, 4) is 0 Å². The zero-order valence-electron chi connectivity index (χ0n) is 13.2. The van der Waals surface area contributed by atoms with Gasteiger partial charge < -0.3 is 9.42 Å². The summed E-state index contributed by atoms with van der Waals surface area (Å²) < 4.78 is 5.29. The van der Waals surface area contributed by atoms with Gasteiger partial charge in [-0.3, -0.25) is 9.89 Å². The maximum atomic E-state index is 13.0. The highest BCUT2D eigenvalue weighted by Crippen LogP contribution is 2.36. The number of para-hydroxylation sites is 1. The number of rotatable bonds is 2. The summed E-state index contributed by atoms with van der Waals surface area (Å²) in [5.41, 5.74) is 3.26. The minimum Gasteiger partial charge on any atom is -0.361 e. The third-order valence-corrected chi connectivity index (χ3v) is 4.61. The van der Waals surface area contributed by atoms with E-state index in [9.17, 15) is 4.79 Å². The third kappa shape index (κ3) is 2.13. The van der Waals surface area contributed by atoms with E-state index >= 15 is 0 Å². The van der Waals surface area contributed by atoms with Gasteiger partial charge in [-0.05, 0) is 32.8 Å². The molecule has 118 valence electrons. The van der Waals surface area contributed by atoms with Gasteiger partial charge in [-0.2, -0.15) is 5.10 Å². The van der Waals surface area contributed by atoms with Gasteiger partial charge >= 0.3 is 0 Å². The van der Waals surface area contributed by atoms with Crippen LogP contribution in [-0.4, -0.2) is 32.7 Å². The number of likely N-dealkylation sites (tertiary alicyclic amines) is 1. The standard InChI is InChI=1S/C17H18N4O2/c1-10-15(11(2)23-20-10)14-8-5-9-21(14)17(22)16-12-6-3-4-7-13(12)18-19-16/h3-4,6-7,14H,5,8-9H2,1-2H3,(H,18,19). The van der Waals surface area contributed by atoms with Crippen molar-refractivity contribution in [1.29, 1.82) is 0 Å². The second-order valence-corrected chi connectivity index (χ2v) is 6.01. The van der Waals surface area contributed by atoms with Gasteiger partial charge in [-0.15, -0.1) is 0 Å². The van der Waals surface area contributed by atoms with Crippen LogP contribution >= 0.6 is 0 Å². The average Bonchev–Trinajstić information content (AvgIpc) is 3.25. The number of nitrogens with zero attached hydrogens (tertiary/aromatic N) is 3. The van der Waals surface area contributed by atoms with E-state index in [0.717, 1.165) is 47.3 Å². The van der Waals surface area contributed by atoms with Crippen LogP contribution in [0.5, 0.6) is 0 Å². The molecule has 1 aromatic carbocycles. The molecular weight excluding hydrogens is 292 g/mol. The van der Waals surface area contributed by atoms with Gasteiger partial charge in [0.25, 0.3) is 5.91 Å². The molecule has 1 fully saturated rings. The van der Waals surface area contributed by atoms with Gasteiger partial charge in [0.15, 0.2) is 5.69 Å². The number of nitrogens with one attached hydrogen (secondary N) is 1. The van der Waals surface area contributed by atoms with E-state index in [-0.39, 0.29) is 11.9 Å². The highest BCUT2D eigenvalue weighted by atomic mass is 16.5. The van der Waals surface area contributed by atoms with E-state index in [4.69, 9.17) is 4.52 Å². The van der Waals surface area contributed by atoms with Crippen molar-refractivity contribution in [2.45, 2.75) is 32.7 Å². The van der Waals surface area contributed by atoms with Crippen LogP contribution in [0.2, 0.25) is 0 Å². The van der Waals surface area contributed by atoms with Crippen LogP contribution in [0, 0.1) is 13.8 Å². The second kappa shape index (κ2) is 5.22. The Kier molecular flexibility index (Phi) is 3.18. The van der Waals surface area contributed by atoms with Crippen LogP contribution in [0.1, 0.15) is 46.4 Å². The predicted octanol–water partition coefficient (Wildman–Crippen LogP) is 3.15. The SMILES string of the molecule is Cc1noc(C)c1C1CCCN1C(=O)c1n[nH]c2ccccc12. The number of aryl methyl sites for hydroxylation is 2. The molecule has 23 heavy (non-hydrogen) atoms. The lowest BCUT2D eigenvalue weighted by Gasteiger charge is -2.24. The Morgan fingerprint density at radius 1 is 1.35 bits per heavy atom. The van der Waals surface area contributed by atoms with Crippen LogP contribution in [0.3, 0.4) is 0 Å². The highest BCUT2D eigenvalue weighted by molar-refractivity contribution is 6.04. The van der Waals surface area contributed by atoms with E-state index in [1.807, 2.05) is 43.0 Å². The van der Waals surface area contributed by atoms with Crippen molar-refractivity contribution >= 4 is 16.8 Å². The van der Waals surface area contributed by atoms with Crippen LogP contribution in [0.4, 0.5) is 0 Å². The Morgan fingerprint density at radius 2 is 2.17 bits per heavy atom. The molecule has 3 aromatic rings. The Labute approximate surface area is 133 Å². The summed E-state index contributed by atoms with van der Waals surface area (Å²) in [7, 11) is 0. The number of hydrogen-bond acceptors (Lipinski definition) is 4. The van der Waals surface area contributed by atoms with Gasteiger partial charge in [0, 0.05) is 17.5 Å². The first-order valence-corrected chi connectivity index (χ1v) is 7.83. The van der Waals surface area contributed by atoms with Gasteiger partial charge in [0.2, 0.25) is 0 Å². The molecule has 0 bridgehead atoms. The molecule has 1 amide bonds. The largest absolute Gasteiger partial charge is 0.361 e. The number of amides is 1. The number of aromatic amines is 1. The summed E-state index contributed by atoms with van der Waals surface area (Å²) in [5, 5.41) is 12.1. The normalized spacial score (nSPS) is 18.0. The Balaban J connectivity index is 1.73. The van der Waals surface area contributed by atoms with Crippen LogP contribution in [-0.2, 0) is 0 Å². The topological polar surface area (TPSA) is 75.0 Å². The van der Waals surface area contributed by atoms with Crippen molar-refractivity contribution in [2.75, 3.05) is 6.54 Å². The van der Waals surface area contributed by atoms with E-state index in [0.29, 0.717) is 5.69 Å². The summed E-state index contributed by atoms with van der Waals surface area (Å²) in [6.07, 6.45) is 1.90. The number of hydrogen-bond donors (Lipinski definition) is 1. The number of fused-ring (bicyclic) bond motifs is 1. The number of H-pyrrole nitrogens is 1. The summed E-state index contributed by atoms with van der Waals surface area (Å²) in [4.78, 5) is 14.9. The first-order chi connectivity index (χ1) is 11.2. The molecule has 1 atom stereocenters. The molecule has 1 N–H and O–H groups in total. The van der Waals surface area contributed by atoms with Gasteiger partial charge in [-0.1, -0.05) is 23.4 Å². The van der Waals surface area contributed by atoms with Crippen molar-refractivity contribution in [3.05, 3.63) is 47.0 Å². The van der Waals surface area contributed by atoms with Gasteiger partial charge in [0.05, 0.1) is 17.3 Å². The lowest BCUT2D eigenvalue weighted by Crippen LogP contribution is -2.31. The lowest BCUT2D eigenvalue weighted by atomic mass is 10.0. The molecule has 0 aliphatic carbocycles. The summed E-state index contributed by atoms with van der Waals surface area (Å²) in [5.74, 6) is 0.754. The molecule has 6 nitrogen and oxygen atoms in total. The average molecular weight is 310 g/mol. The molecule has 6 heteroatoms. The highest BCUT2D eigenvalue weighted by Gasteiger charge is 2.35. The fourth-order valence-corrected chi connectivity index (χ4v) is 3.54. The monoisotopic (exact) mass is 310 g/mol. The zero-order valence-corrected chi connectivity index (χ0v) is 13.2. The van der Waals surface area contributed by atoms with Crippen molar-refractivity contribution in [1.82, 2.24) is 20.3 Å². The quantitative estimate of drug-likeness (QED) is 0.789. The van der Waals surface area contributed by atoms with E-state index in [1.165, 1.54) is 0 Å². The lowest BCUT2D eigenvalue weighted by molar-refractivity contribution is 0.0730. The predicted molar refractivity (Wildman–Crippen MR) is 85.1 cm³/mol. The Bertz CT molecular complexity index is 860. The number of aromatic nitrogens is 3. The first kappa shape index (κ1) is 14.0. The van der Waals surface area contributed by atoms with Gasteiger partial charge in [-0.25, -0.2) is 0 Å². The Morgan fingerprint density at radius 3 is 2.96 bits per heavy atom. The van der Waals surface area contributed by atoms with E-state index in [2.05, 4.69) is 15.4 Å². The smallest absolute Gasteiger partial charge is 0.275 e. The van der Waals surface area contributed by atoms with Crippen molar-refractivity contribution < 1.29 is 9.32 Å².